The summed E-state index contributed by atoms with van der Waals surface area (Å²) in [6.07, 6.45) is 4.87. The summed E-state index contributed by atoms with van der Waals surface area (Å²) in [5.41, 5.74) is 0.892. The standard InChI is InChI=1S/C13H14N2O4S2/c1-14-10(18)12-5-7-3-2-4-8(17)9(7)15(12)11(19)13(14,6-16)21-20-12/h2-4,8-9,16-17H,5-6H2,1H3/t8-,9?,12+,13?/m0/s1. The molecule has 2 N–H and O–H groups in total. The largest absolute Gasteiger partial charge is 0.392 e. The molecule has 2 unspecified atom stereocenters. The molecule has 4 fully saturated rings. The van der Waals surface area contributed by atoms with Gasteiger partial charge in [-0.2, -0.15) is 0 Å². The summed E-state index contributed by atoms with van der Waals surface area (Å²) >= 11 is 0. The molecule has 0 saturated carbocycles. The van der Waals surface area contributed by atoms with Crippen molar-refractivity contribution in [2.75, 3.05) is 13.7 Å². The third-order valence-corrected chi connectivity index (χ3v) is 8.33. The Morgan fingerprint density at radius 1 is 1.38 bits per heavy atom. The summed E-state index contributed by atoms with van der Waals surface area (Å²) in [5, 5.41) is 20.0. The Labute approximate surface area is 129 Å². The maximum absolute atomic E-state index is 12.9. The molecule has 2 amide bonds. The van der Waals surface area contributed by atoms with Gasteiger partial charge in [-0.25, -0.2) is 0 Å². The van der Waals surface area contributed by atoms with E-state index in [1.54, 1.807) is 19.2 Å². The van der Waals surface area contributed by atoms with Gasteiger partial charge in [0.2, 0.25) is 4.87 Å². The van der Waals surface area contributed by atoms with Gasteiger partial charge in [0.1, 0.15) is 0 Å². The zero-order valence-corrected chi connectivity index (χ0v) is 12.9. The van der Waals surface area contributed by atoms with Crippen LogP contribution < -0.4 is 0 Å². The molecule has 4 heterocycles. The normalized spacial score (nSPS) is 44.0. The third-order valence-electron chi connectivity index (χ3n) is 4.70. The fourth-order valence-corrected chi connectivity index (χ4v) is 7.12. The van der Waals surface area contributed by atoms with E-state index >= 15 is 0 Å². The lowest BCUT2D eigenvalue weighted by molar-refractivity contribution is -0.168. The van der Waals surface area contributed by atoms with E-state index < -0.39 is 28.5 Å². The number of rotatable bonds is 1. The average molecular weight is 326 g/mol. The molecule has 5 rings (SSSR count). The van der Waals surface area contributed by atoms with Crippen molar-refractivity contribution in [2.45, 2.75) is 28.3 Å². The molecule has 112 valence electrons. The van der Waals surface area contributed by atoms with Gasteiger partial charge >= 0.3 is 0 Å². The molecule has 21 heavy (non-hydrogen) atoms. The fourth-order valence-electron chi connectivity index (χ4n) is 3.55. The molecule has 8 heteroatoms. The lowest BCUT2D eigenvalue weighted by Crippen LogP contribution is -2.77. The molecule has 0 radical (unpaired) electrons. The number of hydrogen-bond acceptors (Lipinski definition) is 6. The summed E-state index contributed by atoms with van der Waals surface area (Å²) in [6, 6.07) is -0.500. The first kappa shape index (κ1) is 13.7. The lowest BCUT2D eigenvalue weighted by Gasteiger charge is -2.58. The second-order valence-corrected chi connectivity index (χ2v) is 8.36. The van der Waals surface area contributed by atoms with Gasteiger partial charge in [0.05, 0.1) is 18.8 Å². The van der Waals surface area contributed by atoms with Crippen LogP contribution in [0.2, 0.25) is 0 Å². The van der Waals surface area contributed by atoms with E-state index in [1.807, 2.05) is 6.08 Å². The predicted octanol–water partition coefficient (Wildman–Crippen LogP) is -0.304. The zero-order chi connectivity index (χ0) is 15.0. The Balaban J connectivity index is 1.90. The van der Waals surface area contributed by atoms with E-state index in [9.17, 15) is 19.8 Å². The van der Waals surface area contributed by atoms with Crippen molar-refractivity contribution in [3.8, 4) is 0 Å². The molecule has 0 aromatic rings. The molecular formula is C13H14N2O4S2. The molecule has 2 bridgehead atoms. The first-order valence-electron chi connectivity index (χ1n) is 6.63. The molecule has 4 saturated heterocycles. The van der Waals surface area contributed by atoms with Crippen molar-refractivity contribution >= 4 is 33.4 Å². The summed E-state index contributed by atoms with van der Waals surface area (Å²) in [7, 11) is 4.14. The minimum Gasteiger partial charge on any atom is -0.392 e. The van der Waals surface area contributed by atoms with Crippen molar-refractivity contribution in [1.82, 2.24) is 9.80 Å². The smallest absolute Gasteiger partial charge is 0.264 e. The molecule has 1 aliphatic carbocycles. The Morgan fingerprint density at radius 3 is 2.86 bits per heavy atom. The second-order valence-electron chi connectivity index (χ2n) is 5.67. The van der Waals surface area contributed by atoms with Crippen molar-refractivity contribution in [3.05, 3.63) is 23.8 Å². The van der Waals surface area contributed by atoms with Crippen LogP contribution in [0, 0.1) is 0 Å². The van der Waals surface area contributed by atoms with Crippen molar-refractivity contribution in [3.63, 3.8) is 0 Å². The molecule has 5 aliphatic rings. The minimum absolute atomic E-state index is 0.178. The topological polar surface area (TPSA) is 81.1 Å². The number of amides is 2. The highest BCUT2D eigenvalue weighted by molar-refractivity contribution is 8.78. The summed E-state index contributed by atoms with van der Waals surface area (Å²) in [5.74, 6) is -0.471. The number of aliphatic hydroxyl groups is 2. The van der Waals surface area contributed by atoms with Crippen LogP contribution in [0.3, 0.4) is 0 Å². The number of allylic oxidation sites excluding steroid dienone is 2. The number of hydrogen-bond donors (Lipinski definition) is 2. The first-order valence-corrected chi connectivity index (χ1v) is 8.78. The van der Waals surface area contributed by atoms with Gasteiger partial charge in [-0.05, 0) is 16.4 Å². The highest BCUT2D eigenvalue weighted by Gasteiger charge is 2.73. The Hall–Kier alpha value is -0.960. The number of aliphatic hydroxyl groups excluding tert-OH is 2. The number of nitrogens with zero attached hydrogens (tertiary/aromatic N) is 2. The number of fused-ring (bicyclic) bond motifs is 3. The molecular weight excluding hydrogens is 312 g/mol. The van der Waals surface area contributed by atoms with Crippen LogP contribution in [0.4, 0.5) is 0 Å². The van der Waals surface area contributed by atoms with Crippen LogP contribution in [0.15, 0.2) is 23.8 Å². The Bertz CT molecular complexity index is 621. The van der Waals surface area contributed by atoms with E-state index in [0.717, 1.165) is 5.57 Å². The van der Waals surface area contributed by atoms with Gasteiger partial charge in [-0.15, -0.1) is 0 Å². The Morgan fingerprint density at radius 2 is 2.14 bits per heavy atom. The van der Waals surface area contributed by atoms with Gasteiger partial charge in [-0.1, -0.05) is 29.0 Å². The van der Waals surface area contributed by atoms with Gasteiger partial charge in [0.25, 0.3) is 11.8 Å². The Kier molecular flexibility index (Phi) is 2.65. The van der Waals surface area contributed by atoms with Gasteiger partial charge in [0, 0.05) is 13.5 Å². The van der Waals surface area contributed by atoms with Crippen LogP contribution in [-0.2, 0) is 9.59 Å². The molecule has 4 aliphatic heterocycles. The van der Waals surface area contributed by atoms with E-state index in [4.69, 9.17) is 0 Å². The van der Waals surface area contributed by atoms with Gasteiger partial charge in [0.15, 0.2) is 4.87 Å². The van der Waals surface area contributed by atoms with Crippen LogP contribution in [0.5, 0.6) is 0 Å². The van der Waals surface area contributed by atoms with Crippen molar-refractivity contribution in [1.29, 1.82) is 0 Å². The summed E-state index contributed by atoms with van der Waals surface area (Å²) in [4.78, 5) is 26.4. The van der Waals surface area contributed by atoms with Gasteiger partial charge in [-0.3, -0.25) is 9.59 Å². The number of piperazine rings is 1. The maximum atomic E-state index is 12.9. The van der Waals surface area contributed by atoms with Crippen molar-refractivity contribution in [2.24, 2.45) is 0 Å². The van der Waals surface area contributed by atoms with Crippen LogP contribution in [0.25, 0.3) is 0 Å². The van der Waals surface area contributed by atoms with Crippen LogP contribution >= 0.6 is 21.6 Å². The fraction of sp³-hybridized carbons (Fsp3) is 0.538. The molecule has 1 spiro atoms. The van der Waals surface area contributed by atoms with E-state index in [-0.39, 0.29) is 11.8 Å². The monoisotopic (exact) mass is 326 g/mol. The highest BCUT2D eigenvalue weighted by Crippen LogP contribution is 2.64. The SMILES string of the molecule is CN1C(=O)[C@]23CC4=CC=C[C@H](O)C4N2C(=O)C1(CO)SS3. The minimum atomic E-state index is -1.28. The van der Waals surface area contributed by atoms with E-state index in [0.29, 0.717) is 6.42 Å². The predicted molar refractivity (Wildman–Crippen MR) is 79.0 cm³/mol. The van der Waals surface area contributed by atoms with E-state index in [2.05, 4.69) is 0 Å². The summed E-state index contributed by atoms with van der Waals surface area (Å²) < 4.78 is 0. The molecule has 0 aromatic heterocycles. The first-order chi connectivity index (χ1) is 9.98. The second kappa shape index (κ2) is 4.07. The third kappa shape index (κ3) is 1.35. The summed E-state index contributed by atoms with van der Waals surface area (Å²) in [6.45, 7) is -0.435. The van der Waals surface area contributed by atoms with Gasteiger partial charge < -0.3 is 20.0 Å². The number of likely N-dealkylation sites (N-methyl/N-ethyl adjacent to an activating group) is 1. The average Bonchev–Trinajstić information content (AvgIpc) is 2.83. The lowest BCUT2D eigenvalue weighted by atomic mass is 9.97. The molecule has 4 atom stereocenters. The highest BCUT2D eigenvalue weighted by atomic mass is 33.1. The van der Waals surface area contributed by atoms with Crippen LogP contribution in [0.1, 0.15) is 6.42 Å². The quantitative estimate of drug-likeness (QED) is 0.644. The van der Waals surface area contributed by atoms with E-state index in [1.165, 1.54) is 31.4 Å². The van der Waals surface area contributed by atoms with Crippen molar-refractivity contribution < 1.29 is 19.8 Å². The maximum Gasteiger partial charge on any atom is 0.264 e. The number of carbonyl (C=O) groups is 2. The molecule has 0 aromatic carbocycles. The number of carbonyl (C=O) groups excluding carboxylic acids is 2. The molecule has 6 nitrogen and oxygen atoms in total. The van der Waals surface area contributed by atoms with Crippen LogP contribution in [-0.4, -0.2) is 67.4 Å². The zero-order valence-electron chi connectivity index (χ0n) is 11.2.